The molecule has 0 aliphatic heterocycles. The van der Waals surface area contributed by atoms with Crippen LogP contribution in [-0.4, -0.2) is 25.2 Å². The minimum Gasteiger partial charge on any atom is -0.493 e. The fourth-order valence-corrected chi connectivity index (χ4v) is 2.12. The molecule has 3 N–H and O–H groups in total. The molecule has 1 fully saturated rings. The smallest absolute Gasteiger partial charge is 0.188 e. The lowest BCUT2D eigenvalue weighted by molar-refractivity contribution is 0.271. The van der Waals surface area contributed by atoms with Crippen molar-refractivity contribution in [2.24, 2.45) is 16.6 Å². The van der Waals surface area contributed by atoms with Crippen LogP contribution < -0.4 is 15.8 Å². The topological polar surface area (TPSA) is 59.6 Å². The van der Waals surface area contributed by atoms with Gasteiger partial charge in [-0.3, -0.25) is 4.99 Å². The highest BCUT2D eigenvalue weighted by molar-refractivity contribution is 5.78. The van der Waals surface area contributed by atoms with Crippen LogP contribution in [0, 0.1) is 5.92 Å². The molecule has 122 valence electrons. The third kappa shape index (κ3) is 5.24. The van der Waals surface area contributed by atoms with E-state index in [1.54, 1.807) is 0 Å². The third-order valence-corrected chi connectivity index (χ3v) is 3.79. The molecule has 2 rings (SSSR count). The number of nitrogens with one attached hydrogen (secondary N) is 1. The fourth-order valence-electron chi connectivity index (χ4n) is 2.12. The molecule has 0 saturated heterocycles. The number of aliphatic imine (C=N–C) groups is 1. The van der Waals surface area contributed by atoms with Gasteiger partial charge in [-0.15, -0.1) is 0 Å². The maximum Gasteiger partial charge on any atom is 0.188 e. The Bertz CT molecular complexity index is 502. The molecular formula is C18H29N3O. The van der Waals surface area contributed by atoms with E-state index in [1.165, 1.54) is 18.4 Å². The van der Waals surface area contributed by atoms with Gasteiger partial charge >= 0.3 is 0 Å². The predicted molar refractivity (Wildman–Crippen MR) is 92.4 cm³/mol. The molecule has 0 atom stereocenters. The predicted octanol–water partition coefficient (Wildman–Crippen LogP) is 3.07. The fraction of sp³-hybridized carbons (Fsp3) is 0.611. The molecule has 4 heteroatoms. The van der Waals surface area contributed by atoms with E-state index < -0.39 is 0 Å². The van der Waals surface area contributed by atoms with E-state index in [2.05, 4.69) is 50.1 Å². The Labute approximate surface area is 134 Å². The van der Waals surface area contributed by atoms with Crippen LogP contribution in [0.15, 0.2) is 29.3 Å². The zero-order valence-corrected chi connectivity index (χ0v) is 14.2. The zero-order valence-electron chi connectivity index (χ0n) is 14.2. The molecule has 4 nitrogen and oxygen atoms in total. The summed E-state index contributed by atoms with van der Waals surface area (Å²) < 4.78 is 5.73. The van der Waals surface area contributed by atoms with E-state index in [0.717, 1.165) is 12.4 Å². The summed E-state index contributed by atoms with van der Waals surface area (Å²) in [6.45, 7) is 10.1. The van der Waals surface area contributed by atoms with Gasteiger partial charge in [0.05, 0.1) is 13.2 Å². The Balaban J connectivity index is 1.92. The minimum absolute atomic E-state index is 0.0492. The molecule has 1 aliphatic carbocycles. The Hall–Kier alpha value is -1.71. The van der Waals surface area contributed by atoms with Crippen LogP contribution in [0.4, 0.5) is 0 Å². The highest BCUT2D eigenvalue weighted by atomic mass is 16.5. The van der Waals surface area contributed by atoms with Crippen LogP contribution in [0.25, 0.3) is 0 Å². The summed E-state index contributed by atoms with van der Waals surface area (Å²) in [4.78, 5) is 4.49. The van der Waals surface area contributed by atoms with Gasteiger partial charge in [0.2, 0.25) is 0 Å². The average molecular weight is 303 g/mol. The van der Waals surface area contributed by atoms with Crippen molar-refractivity contribution >= 4 is 5.96 Å². The number of nitrogens with two attached hydrogens (primary N) is 1. The summed E-state index contributed by atoms with van der Waals surface area (Å²) in [5.41, 5.74) is 7.10. The highest BCUT2D eigenvalue weighted by Gasteiger charge is 2.23. The first-order chi connectivity index (χ1) is 10.4. The molecule has 1 aromatic carbocycles. The third-order valence-electron chi connectivity index (χ3n) is 3.79. The number of benzene rings is 1. The lowest BCUT2D eigenvalue weighted by Gasteiger charge is -2.23. The summed E-state index contributed by atoms with van der Waals surface area (Å²) >= 11 is 0. The highest BCUT2D eigenvalue weighted by Crippen LogP contribution is 2.26. The molecular weight excluding hydrogens is 274 g/mol. The van der Waals surface area contributed by atoms with Crippen LogP contribution in [-0.2, 0) is 5.41 Å². The second-order valence-corrected chi connectivity index (χ2v) is 7.23. The number of hydrogen-bond donors (Lipinski definition) is 2. The molecule has 22 heavy (non-hydrogen) atoms. The van der Waals surface area contributed by atoms with E-state index in [0.29, 0.717) is 24.5 Å². The van der Waals surface area contributed by atoms with Crippen molar-refractivity contribution in [3.8, 4) is 5.75 Å². The average Bonchev–Trinajstić information content (AvgIpc) is 3.27. The van der Waals surface area contributed by atoms with Gasteiger partial charge in [0.1, 0.15) is 5.75 Å². The van der Waals surface area contributed by atoms with E-state index in [4.69, 9.17) is 10.5 Å². The molecule has 1 saturated carbocycles. The zero-order chi connectivity index (χ0) is 16.2. The van der Waals surface area contributed by atoms with Gasteiger partial charge in [-0.2, -0.15) is 0 Å². The first kappa shape index (κ1) is 16.7. The summed E-state index contributed by atoms with van der Waals surface area (Å²) in [5, 5.41) is 3.22. The van der Waals surface area contributed by atoms with Gasteiger partial charge in [0.25, 0.3) is 0 Å². The Kier molecular flexibility index (Phi) is 5.33. The molecule has 0 amide bonds. The van der Waals surface area contributed by atoms with Crippen molar-refractivity contribution in [1.29, 1.82) is 0 Å². The van der Waals surface area contributed by atoms with Gasteiger partial charge in [-0.05, 0) is 36.5 Å². The van der Waals surface area contributed by atoms with Crippen molar-refractivity contribution < 1.29 is 4.74 Å². The maximum absolute atomic E-state index is 5.91. The summed E-state index contributed by atoms with van der Waals surface area (Å²) in [6.07, 6.45) is 2.41. The monoisotopic (exact) mass is 303 g/mol. The quantitative estimate of drug-likeness (QED) is 0.601. The molecule has 1 aromatic rings. The summed E-state index contributed by atoms with van der Waals surface area (Å²) in [5.74, 6) is 2.02. The van der Waals surface area contributed by atoms with Crippen molar-refractivity contribution in [2.75, 3.05) is 13.2 Å². The van der Waals surface area contributed by atoms with Gasteiger partial charge in [0.15, 0.2) is 5.96 Å². The van der Waals surface area contributed by atoms with E-state index in [1.807, 2.05) is 12.1 Å². The summed E-state index contributed by atoms with van der Waals surface area (Å²) in [6, 6.07) is 8.86. The van der Waals surface area contributed by atoms with Crippen LogP contribution in [0.3, 0.4) is 0 Å². The van der Waals surface area contributed by atoms with E-state index in [-0.39, 0.29) is 5.41 Å². The van der Waals surface area contributed by atoms with Crippen molar-refractivity contribution in [3.63, 3.8) is 0 Å². The molecule has 0 radical (unpaired) electrons. The Morgan fingerprint density at radius 3 is 2.50 bits per heavy atom. The number of hydrogen-bond acceptors (Lipinski definition) is 2. The van der Waals surface area contributed by atoms with Crippen molar-refractivity contribution in [3.05, 3.63) is 29.8 Å². The second-order valence-electron chi connectivity index (χ2n) is 7.23. The first-order valence-corrected chi connectivity index (χ1v) is 8.16. The maximum atomic E-state index is 5.91. The van der Waals surface area contributed by atoms with E-state index in [9.17, 15) is 0 Å². The Morgan fingerprint density at radius 2 is 1.95 bits per heavy atom. The van der Waals surface area contributed by atoms with Crippen LogP contribution in [0.5, 0.6) is 5.75 Å². The van der Waals surface area contributed by atoms with Gasteiger partial charge in [-0.25, -0.2) is 0 Å². The molecule has 0 heterocycles. The first-order valence-electron chi connectivity index (χ1n) is 8.16. The lowest BCUT2D eigenvalue weighted by atomic mass is 9.85. The number of nitrogens with zero attached hydrogens (tertiary/aromatic N) is 1. The van der Waals surface area contributed by atoms with Crippen LogP contribution in [0.1, 0.15) is 46.1 Å². The van der Waals surface area contributed by atoms with Crippen molar-refractivity contribution in [2.45, 2.75) is 52.0 Å². The number of rotatable bonds is 7. The molecule has 1 aliphatic rings. The van der Waals surface area contributed by atoms with Crippen molar-refractivity contribution in [1.82, 2.24) is 5.32 Å². The van der Waals surface area contributed by atoms with Crippen LogP contribution in [0.2, 0.25) is 0 Å². The largest absolute Gasteiger partial charge is 0.493 e. The van der Waals surface area contributed by atoms with Gasteiger partial charge < -0.3 is 15.8 Å². The number of guanidine groups is 1. The molecule has 0 aromatic heterocycles. The standard InChI is InChI=1S/C18H29N3O/c1-13(2)11-22-16-9-5-14(6-10-16)18(3,4)12-20-17(19)21-15-7-8-15/h5-6,9-10,13,15H,7-8,11-12H2,1-4H3,(H3,19,20,21). The van der Waals surface area contributed by atoms with Gasteiger partial charge in [0, 0.05) is 11.5 Å². The number of ether oxygens (including phenoxy) is 1. The summed E-state index contributed by atoms with van der Waals surface area (Å²) in [7, 11) is 0. The molecule has 0 unspecified atom stereocenters. The minimum atomic E-state index is -0.0492. The van der Waals surface area contributed by atoms with Gasteiger partial charge in [-0.1, -0.05) is 39.8 Å². The molecule has 0 spiro atoms. The second kappa shape index (κ2) is 7.03. The normalized spacial score (nSPS) is 16.0. The SMILES string of the molecule is CC(C)COc1ccc(C(C)(C)CN=C(N)NC2CC2)cc1. The van der Waals surface area contributed by atoms with Crippen LogP contribution >= 0.6 is 0 Å². The molecule has 0 bridgehead atoms. The van der Waals surface area contributed by atoms with E-state index >= 15 is 0 Å². The Morgan fingerprint density at radius 1 is 1.32 bits per heavy atom. The lowest BCUT2D eigenvalue weighted by Crippen LogP contribution is -2.35.